The molecule has 0 spiro atoms. The fraction of sp³-hybridized carbons (Fsp3) is 0.105. The fourth-order valence-corrected chi connectivity index (χ4v) is 3.74. The summed E-state index contributed by atoms with van der Waals surface area (Å²) in [6, 6.07) is 13.4. The number of thioether (sulfide) groups is 1. The molecule has 27 heavy (non-hydrogen) atoms. The van der Waals surface area contributed by atoms with Crippen molar-refractivity contribution >= 4 is 46.0 Å². The zero-order chi connectivity index (χ0) is 19.0. The Bertz CT molecular complexity index is 1180. The van der Waals surface area contributed by atoms with E-state index in [0.717, 1.165) is 16.8 Å². The lowest BCUT2D eigenvalue weighted by Gasteiger charge is -2.06. The highest BCUT2D eigenvalue weighted by Crippen LogP contribution is 2.26. The molecule has 0 aliphatic rings. The van der Waals surface area contributed by atoms with Gasteiger partial charge in [0.05, 0.1) is 21.9 Å². The smallest absolute Gasteiger partial charge is 0.262 e. The molecule has 0 saturated heterocycles. The third-order valence-corrected chi connectivity index (χ3v) is 5.74. The van der Waals surface area contributed by atoms with Crippen LogP contribution in [-0.2, 0) is 5.75 Å². The molecule has 0 bridgehead atoms. The summed E-state index contributed by atoms with van der Waals surface area (Å²) in [4.78, 5) is 19.8. The van der Waals surface area contributed by atoms with Crippen LogP contribution in [0.3, 0.4) is 0 Å². The quantitative estimate of drug-likeness (QED) is 0.374. The Morgan fingerprint density at radius 3 is 2.63 bits per heavy atom. The summed E-state index contributed by atoms with van der Waals surface area (Å²) in [5.74, 6) is 0.601. The molecule has 136 valence electrons. The van der Waals surface area contributed by atoms with Gasteiger partial charge in [-0.15, -0.1) is 0 Å². The van der Waals surface area contributed by atoms with Crippen molar-refractivity contribution in [2.24, 2.45) is 0 Å². The molecule has 4 aromatic rings. The van der Waals surface area contributed by atoms with Crippen LogP contribution in [0.25, 0.3) is 16.7 Å². The molecular weight excluding hydrogens is 403 g/mol. The molecule has 0 aliphatic heterocycles. The van der Waals surface area contributed by atoms with Gasteiger partial charge in [-0.2, -0.15) is 5.10 Å². The predicted molar refractivity (Wildman–Crippen MR) is 110 cm³/mol. The topological polar surface area (TPSA) is 63.6 Å². The minimum absolute atomic E-state index is 0.213. The van der Waals surface area contributed by atoms with Gasteiger partial charge in [0.25, 0.3) is 5.56 Å². The number of benzene rings is 2. The Morgan fingerprint density at radius 1 is 1.11 bits per heavy atom. The molecule has 2 aromatic heterocycles. The highest BCUT2D eigenvalue weighted by Gasteiger charge is 2.12. The first-order chi connectivity index (χ1) is 13.0. The van der Waals surface area contributed by atoms with Crippen LogP contribution < -0.4 is 5.56 Å². The largest absolute Gasteiger partial charge is 0.301 e. The van der Waals surface area contributed by atoms with E-state index >= 15 is 0 Å². The first-order valence-electron chi connectivity index (χ1n) is 8.13. The first-order valence-corrected chi connectivity index (χ1v) is 9.87. The summed E-state index contributed by atoms with van der Waals surface area (Å²) in [6.45, 7) is 2.02. The lowest BCUT2D eigenvalue weighted by atomic mass is 10.2. The molecule has 0 unspecified atom stereocenters. The highest BCUT2D eigenvalue weighted by atomic mass is 35.5. The molecule has 2 heterocycles. The van der Waals surface area contributed by atoms with Gasteiger partial charge in [0.2, 0.25) is 0 Å². The van der Waals surface area contributed by atoms with Crippen molar-refractivity contribution in [1.82, 2.24) is 19.7 Å². The van der Waals surface area contributed by atoms with E-state index < -0.39 is 0 Å². The standard InChI is InChI=1S/C19H14Cl2N4OS/c1-11-2-5-13(6-3-11)25-17-14(9-22-25)18(26)24-19(23-17)27-10-12-4-7-15(20)16(21)8-12/h2-9H,10H2,1H3,(H,23,24,26). The van der Waals surface area contributed by atoms with Crippen molar-refractivity contribution in [2.45, 2.75) is 17.8 Å². The van der Waals surface area contributed by atoms with Crippen molar-refractivity contribution < 1.29 is 0 Å². The van der Waals surface area contributed by atoms with Crippen LogP contribution >= 0.6 is 35.0 Å². The van der Waals surface area contributed by atoms with Crippen LogP contribution in [0.1, 0.15) is 11.1 Å². The number of halogens is 2. The van der Waals surface area contributed by atoms with Gasteiger partial charge in [-0.1, -0.05) is 58.7 Å². The minimum Gasteiger partial charge on any atom is -0.301 e. The summed E-state index contributed by atoms with van der Waals surface area (Å²) in [7, 11) is 0. The molecule has 5 nitrogen and oxygen atoms in total. The van der Waals surface area contributed by atoms with Gasteiger partial charge in [0, 0.05) is 5.75 Å². The van der Waals surface area contributed by atoms with Gasteiger partial charge in [-0.05, 0) is 36.8 Å². The van der Waals surface area contributed by atoms with E-state index in [0.29, 0.717) is 32.0 Å². The molecular formula is C19H14Cl2N4OS. The highest BCUT2D eigenvalue weighted by molar-refractivity contribution is 7.98. The number of hydrogen-bond acceptors (Lipinski definition) is 4. The van der Waals surface area contributed by atoms with Crippen LogP contribution in [0.2, 0.25) is 10.0 Å². The van der Waals surface area contributed by atoms with Crippen LogP contribution in [0.4, 0.5) is 0 Å². The van der Waals surface area contributed by atoms with Gasteiger partial charge < -0.3 is 4.98 Å². The minimum atomic E-state index is -0.213. The molecule has 8 heteroatoms. The van der Waals surface area contributed by atoms with Crippen molar-refractivity contribution in [2.75, 3.05) is 0 Å². The number of nitrogens with zero attached hydrogens (tertiary/aromatic N) is 3. The SMILES string of the molecule is Cc1ccc(-n2ncc3c(=O)[nH]c(SCc4ccc(Cl)c(Cl)c4)nc32)cc1. The van der Waals surface area contributed by atoms with Gasteiger partial charge in [-0.3, -0.25) is 4.79 Å². The van der Waals surface area contributed by atoms with Crippen molar-refractivity contribution in [3.8, 4) is 5.69 Å². The van der Waals surface area contributed by atoms with E-state index in [1.54, 1.807) is 10.7 Å². The van der Waals surface area contributed by atoms with E-state index in [4.69, 9.17) is 23.2 Å². The van der Waals surface area contributed by atoms with Crippen molar-refractivity contribution in [3.05, 3.63) is 80.2 Å². The average Bonchev–Trinajstić information content (AvgIpc) is 3.08. The molecule has 1 N–H and O–H groups in total. The molecule has 0 saturated carbocycles. The third kappa shape index (κ3) is 3.74. The Labute approximate surface area is 169 Å². The second-order valence-corrected chi connectivity index (χ2v) is 7.82. The number of nitrogens with one attached hydrogen (secondary N) is 1. The Kier molecular flexibility index (Phi) is 4.95. The zero-order valence-corrected chi connectivity index (χ0v) is 16.6. The van der Waals surface area contributed by atoms with Gasteiger partial charge >= 0.3 is 0 Å². The number of rotatable bonds is 4. The van der Waals surface area contributed by atoms with E-state index in [9.17, 15) is 4.79 Å². The van der Waals surface area contributed by atoms with E-state index in [2.05, 4.69) is 15.1 Å². The number of aryl methyl sites for hydroxylation is 1. The third-order valence-electron chi connectivity index (χ3n) is 4.05. The van der Waals surface area contributed by atoms with Gasteiger partial charge in [0.15, 0.2) is 10.8 Å². The molecule has 4 rings (SSSR count). The molecule has 2 aromatic carbocycles. The fourth-order valence-electron chi connectivity index (χ4n) is 2.62. The lowest BCUT2D eigenvalue weighted by molar-refractivity contribution is 0.872. The van der Waals surface area contributed by atoms with Gasteiger partial charge in [-0.25, -0.2) is 9.67 Å². The number of aromatic nitrogens is 4. The van der Waals surface area contributed by atoms with Crippen LogP contribution in [0.15, 0.2) is 58.6 Å². The van der Waals surface area contributed by atoms with Crippen LogP contribution in [0.5, 0.6) is 0 Å². The summed E-state index contributed by atoms with van der Waals surface area (Å²) in [6.07, 6.45) is 1.54. The summed E-state index contributed by atoms with van der Waals surface area (Å²) < 4.78 is 1.67. The normalized spacial score (nSPS) is 11.2. The van der Waals surface area contributed by atoms with Crippen LogP contribution in [0, 0.1) is 6.92 Å². The summed E-state index contributed by atoms with van der Waals surface area (Å²) in [5.41, 5.74) is 3.31. The average molecular weight is 417 g/mol. The van der Waals surface area contributed by atoms with E-state index in [-0.39, 0.29) is 5.56 Å². The predicted octanol–water partition coefficient (Wildman–Crippen LogP) is 5.02. The lowest BCUT2D eigenvalue weighted by Crippen LogP contribution is -2.09. The number of hydrogen-bond donors (Lipinski definition) is 1. The van der Waals surface area contributed by atoms with E-state index in [1.165, 1.54) is 18.0 Å². The second kappa shape index (κ2) is 7.38. The monoisotopic (exact) mass is 416 g/mol. The molecule has 0 fully saturated rings. The number of aromatic amines is 1. The number of fused-ring (bicyclic) bond motifs is 1. The first kappa shape index (κ1) is 18.1. The molecule has 0 aliphatic carbocycles. The molecule has 0 atom stereocenters. The van der Waals surface area contributed by atoms with E-state index in [1.807, 2.05) is 43.3 Å². The Balaban J connectivity index is 1.67. The summed E-state index contributed by atoms with van der Waals surface area (Å²) >= 11 is 13.4. The molecule has 0 radical (unpaired) electrons. The molecule has 0 amide bonds. The Hall–Kier alpha value is -2.28. The maximum atomic E-state index is 12.4. The number of H-pyrrole nitrogens is 1. The second-order valence-electron chi connectivity index (χ2n) is 6.04. The van der Waals surface area contributed by atoms with Gasteiger partial charge in [0.1, 0.15) is 5.39 Å². The van der Waals surface area contributed by atoms with Crippen molar-refractivity contribution in [1.29, 1.82) is 0 Å². The zero-order valence-electron chi connectivity index (χ0n) is 14.2. The summed E-state index contributed by atoms with van der Waals surface area (Å²) in [5, 5.41) is 6.32. The van der Waals surface area contributed by atoms with Crippen LogP contribution in [-0.4, -0.2) is 19.7 Å². The Morgan fingerprint density at radius 2 is 1.89 bits per heavy atom. The maximum absolute atomic E-state index is 12.4. The maximum Gasteiger partial charge on any atom is 0.262 e. The van der Waals surface area contributed by atoms with Crippen molar-refractivity contribution in [3.63, 3.8) is 0 Å².